The molecular formula is C26H26ClN3O5. The first-order chi connectivity index (χ1) is 16.4. The predicted molar refractivity (Wildman–Crippen MR) is 135 cm³/mol. The Morgan fingerprint density at radius 1 is 1.26 bits per heavy atom. The van der Waals surface area contributed by atoms with Crippen molar-refractivity contribution >= 4 is 40.1 Å². The molecule has 0 unspecified atom stereocenters. The van der Waals surface area contributed by atoms with E-state index in [1.807, 2.05) is 31.7 Å². The van der Waals surface area contributed by atoms with Crippen molar-refractivity contribution < 1.29 is 19.4 Å². The number of rotatable bonds is 7. The zero-order valence-corrected chi connectivity index (χ0v) is 20.7. The summed E-state index contributed by atoms with van der Waals surface area (Å²) in [5, 5.41) is 10.3. The van der Waals surface area contributed by atoms with Crippen LogP contribution < -0.4 is 10.5 Å². The Labute approximate surface area is 207 Å². The van der Waals surface area contributed by atoms with Crippen molar-refractivity contribution in [3.05, 3.63) is 68.2 Å². The van der Waals surface area contributed by atoms with E-state index in [9.17, 15) is 19.5 Å². The number of ether oxygens (including phenoxy) is 1. The van der Waals surface area contributed by atoms with Gasteiger partial charge in [-0.05, 0) is 46.9 Å². The topological polar surface area (TPSA) is 113 Å². The number of benzene rings is 2. The number of carbonyl (C=O) groups excluding carboxylic acids is 1. The molecule has 0 bridgehead atoms. The van der Waals surface area contributed by atoms with Crippen molar-refractivity contribution in [2.45, 2.75) is 46.3 Å². The SMILES string of the molecule is C#CCN(Cc1cc2c(=O)[nH]c(COC(C)=O)nc2cc1Cl)c1ccc(C(=O)O)c(C(C)(C)C)c1. The largest absolute Gasteiger partial charge is 0.478 e. The second-order valence-corrected chi connectivity index (χ2v) is 9.51. The fourth-order valence-corrected chi connectivity index (χ4v) is 3.92. The maximum absolute atomic E-state index is 12.7. The average molecular weight is 496 g/mol. The molecule has 0 aliphatic carbocycles. The minimum absolute atomic E-state index is 0.154. The summed E-state index contributed by atoms with van der Waals surface area (Å²) in [6.45, 7) is 7.46. The van der Waals surface area contributed by atoms with E-state index in [0.717, 1.165) is 5.69 Å². The first-order valence-corrected chi connectivity index (χ1v) is 11.2. The molecule has 35 heavy (non-hydrogen) atoms. The number of fused-ring (bicyclic) bond motifs is 1. The lowest BCUT2D eigenvalue weighted by molar-refractivity contribution is -0.142. The summed E-state index contributed by atoms with van der Waals surface area (Å²) >= 11 is 6.54. The van der Waals surface area contributed by atoms with Crippen LogP contribution >= 0.6 is 11.6 Å². The van der Waals surface area contributed by atoms with Crippen LogP contribution in [0.3, 0.4) is 0 Å². The Morgan fingerprint density at radius 3 is 2.57 bits per heavy atom. The van der Waals surface area contributed by atoms with Gasteiger partial charge in [0.15, 0.2) is 0 Å². The molecule has 1 heterocycles. The third-order valence-electron chi connectivity index (χ3n) is 5.38. The fraction of sp³-hybridized carbons (Fsp3) is 0.308. The number of aromatic carboxylic acids is 1. The van der Waals surface area contributed by atoms with E-state index >= 15 is 0 Å². The molecule has 9 heteroatoms. The Bertz CT molecular complexity index is 1400. The molecule has 0 amide bonds. The average Bonchev–Trinajstić information content (AvgIpc) is 2.77. The molecule has 0 saturated carbocycles. The highest BCUT2D eigenvalue weighted by Crippen LogP contribution is 2.32. The monoisotopic (exact) mass is 495 g/mol. The molecular weight excluding hydrogens is 470 g/mol. The van der Waals surface area contributed by atoms with Crippen LogP contribution in [0.25, 0.3) is 10.9 Å². The molecule has 0 radical (unpaired) electrons. The number of terminal acetylenes is 1. The van der Waals surface area contributed by atoms with Gasteiger partial charge in [0, 0.05) is 24.2 Å². The van der Waals surface area contributed by atoms with Crippen LogP contribution in [0.4, 0.5) is 5.69 Å². The fourth-order valence-electron chi connectivity index (χ4n) is 3.70. The third-order valence-corrected chi connectivity index (χ3v) is 5.74. The van der Waals surface area contributed by atoms with Crippen molar-refractivity contribution in [3.63, 3.8) is 0 Å². The molecule has 0 atom stereocenters. The zero-order valence-electron chi connectivity index (χ0n) is 19.9. The maximum atomic E-state index is 12.7. The molecule has 3 aromatic rings. The lowest BCUT2D eigenvalue weighted by atomic mass is 9.83. The maximum Gasteiger partial charge on any atom is 0.335 e. The second-order valence-electron chi connectivity index (χ2n) is 9.10. The Kier molecular flexibility index (Phi) is 7.51. The summed E-state index contributed by atoms with van der Waals surface area (Å²) in [6.07, 6.45) is 5.62. The number of H-pyrrole nitrogens is 1. The van der Waals surface area contributed by atoms with Crippen LogP contribution in [0.2, 0.25) is 5.02 Å². The number of aromatic amines is 1. The van der Waals surface area contributed by atoms with E-state index in [0.29, 0.717) is 27.1 Å². The number of carboxylic acids is 1. The van der Waals surface area contributed by atoms with Crippen molar-refractivity contribution in [1.82, 2.24) is 9.97 Å². The standard InChI is InChI=1S/C26H26ClN3O5/c1-6-9-30(17-7-8-18(25(33)34)20(11-17)26(3,4)5)13-16-10-19-22(12-21(16)27)28-23(29-24(19)32)14-35-15(2)31/h1,7-8,10-12H,9,13-14H2,2-5H3,(H,33,34)(H,28,29,32). The summed E-state index contributed by atoms with van der Waals surface area (Å²) in [5.74, 6) is 1.35. The number of nitrogens with zero attached hydrogens (tertiary/aromatic N) is 2. The summed E-state index contributed by atoms with van der Waals surface area (Å²) in [6, 6.07) is 8.34. The van der Waals surface area contributed by atoms with Gasteiger partial charge in [0.25, 0.3) is 5.56 Å². The summed E-state index contributed by atoms with van der Waals surface area (Å²) in [5.41, 5.74) is 1.86. The van der Waals surface area contributed by atoms with E-state index in [1.165, 1.54) is 6.92 Å². The van der Waals surface area contributed by atoms with E-state index in [4.69, 9.17) is 22.8 Å². The zero-order chi connectivity index (χ0) is 25.9. The predicted octanol–water partition coefficient (Wildman–Crippen LogP) is 4.28. The Hall–Kier alpha value is -3.83. The van der Waals surface area contributed by atoms with Crippen LogP contribution in [0, 0.1) is 12.3 Å². The second kappa shape index (κ2) is 10.2. The van der Waals surface area contributed by atoms with E-state index in [2.05, 4.69) is 15.9 Å². The molecule has 182 valence electrons. The van der Waals surface area contributed by atoms with Crippen molar-refractivity contribution in [1.29, 1.82) is 0 Å². The number of hydrogen-bond donors (Lipinski definition) is 2. The van der Waals surface area contributed by atoms with Gasteiger partial charge in [-0.2, -0.15) is 0 Å². The number of esters is 1. The van der Waals surface area contributed by atoms with Crippen molar-refractivity contribution in [2.75, 3.05) is 11.4 Å². The quantitative estimate of drug-likeness (QED) is 0.371. The van der Waals surface area contributed by atoms with Gasteiger partial charge < -0.3 is 19.7 Å². The highest BCUT2D eigenvalue weighted by atomic mass is 35.5. The Morgan fingerprint density at radius 2 is 1.97 bits per heavy atom. The molecule has 0 spiro atoms. The number of anilines is 1. The summed E-state index contributed by atoms with van der Waals surface area (Å²) in [4.78, 5) is 44.3. The van der Waals surface area contributed by atoms with E-state index in [1.54, 1.807) is 24.3 Å². The van der Waals surface area contributed by atoms with Gasteiger partial charge in [-0.15, -0.1) is 6.42 Å². The molecule has 1 aromatic heterocycles. The lowest BCUT2D eigenvalue weighted by Crippen LogP contribution is -2.25. The number of hydrogen-bond acceptors (Lipinski definition) is 6. The van der Waals surface area contributed by atoms with Gasteiger partial charge in [0.05, 0.1) is 23.0 Å². The molecule has 0 aliphatic rings. The smallest absolute Gasteiger partial charge is 0.335 e. The molecule has 2 aromatic carbocycles. The Balaban J connectivity index is 2.02. The summed E-state index contributed by atoms with van der Waals surface area (Å²) in [7, 11) is 0. The van der Waals surface area contributed by atoms with Gasteiger partial charge >= 0.3 is 11.9 Å². The lowest BCUT2D eigenvalue weighted by Gasteiger charge is -2.27. The van der Waals surface area contributed by atoms with Gasteiger partial charge in [0.2, 0.25) is 0 Å². The minimum atomic E-state index is -0.998. The molecule has 3 rings (SSSR count). The number of halogens is 1. The molecule has 8 nitrogen and oxygen atoms in total. The molecule has 0 saturated heterocycles. The number of carboxylic acid groups (broad SMARTS) is 1. The highest BCUT2D eigenvalue weighted by Gasteiger charge is 2.23. The summed E-state index contributed by atoms with van der Waals surface area (Å²) < 4.78 is 4.90. The number of aromatic nitrogens is 2. The van der Waals surface area contributed by atoms with Crippen LogP contribution in [0.15, 0.2) is 35.1 Å². The van der Waals surface area contributed by atoms with Gasteiger partial charge in [-0.3, -0.25) is 9.59 Å². The number of nitrogens with one attached hydrogen (secondary N) is 1. The van der Waals surface area contributed by atoms with Crippen LogP contribution in [-0.4, -0.2) is 33.6 Å². The van der Waals surface area contributed by atoms with Crippen LogP contribution in [-0.2, 0) is 28.1 Å². The van der Waals surface area contributed by atoms with E-state index < -0.39 is 17.4 Å². The first-order valence-electron chi connectivity index (χ1n) is 10.8. The van der Waals surface area contributed by atoms with Crippen molar-refractivity contribution in [2.24, 2.45) is 0 Å². The minimum Gasteiger partial charge on any atom is -0.478 e. The number of carbonyl (C=O) groups is 2. The van der Waals surface area contributed by atoms with Gasteiger partial charge in [0.1, 0.15) is 12.4 Å². The van der Waals surface area contributed by atoms with Crippen LogP contribution in [0.5, 0.6) is 0 Å². The molecule has 0 fully saturated rings. The molecule has 2 N–H and O–H groups in total. The third kappa shape index (κ3) is 6.00. The normalized spacial score (nSPS) is 11.2. The highest BCUT2D eigenvalue weighted by molar-refractivity contribution is 6.32. The van der Waals surface area contributed by atoms with Crippen LogP contribution in [0.1, 0.15) is 55.0 Å². The van der Waals surface area contributed by atoms with E-state index in [-0.39, 0.29) is 36.6 Å². The van der Waals surface area contributed by atoms with Gasteiger partial charge in [-0.25, -0.2) is 9.78 Å². The first kappa shape index (κ1) is 25.8. The van der Waals surface area contributed by atoms with Crippen molar-refractivity contribution in [3.8, 4) is 12.3 Å². The van der Waals surface area contributed by atoms with Gasteiger partial charge in [-0.1, -0.05) is 38.3 Å². The molecule has 0 aliphatic heterocycles.